The van der Waals surface area contributed by atoms with E-state index in [0.717, 1.165) is 167 Å². The molecule has 0 aromatic carbocycles. The van der Waals surface area contributed by atoms with E-state index in [4.69, 9.17) is 32.3 Å². The Morgan fingerprint density at radius 3 is 0.859 bits per heavy atom. The van der Waals surface area contributed by atoms with Crippen LogP contribution in [0.3, 0.4) is 0 Å². The summed E-state index contributed by atoms with van der Waals surface area (Å²) < 4.78 is 61.1. The van der Waals surface area contributed by atoms with Crippen molar-refractivity contribution in [3.8, 4) is 0 Å². The molecule has 0 aliphatic rings. The van der Waals surface area contributed by atoms with Crippen LogP contribution in [0.15, 0.2) is 158 Å². The fraction of sp³-hybridized carbons (Fsp3) is 0.642. The molecule has 99 heavy (non-hydrogen) atoms. The average molecular weight is 1430 g/mol. The van der Waals surface area contributed by atoms with E-state index in [2.05, 4.69) is 179 Å². The Kier molecular flexibility index (Phi) is 69.4. The van der Waals surface area contributed by atoms with E-state index in [-0.39, 0.29) is 19.3 Å². The molecular formula is C81H134O16P2. The van der Waals surface area contributed by atoms with Gasteiger partial charge < -0.3 is 34.2 Å². The number of carbonyl (C=O) groups is 3. The highest BCUT2D eigenvalue weighted by molar-refractivity contribution is 7.47. The van der Waals surface area contributed by atoms with Crippen molar-refractivity contribution < 1.29 is 75.8 Å². The highest BCUT2D eigenvalue weighted by Gasteiger charge is 2.29. The number of esters is 3. The van der Waals surface area contributed by atoms with Gasteiger partial charge in [0.25, 0.3) is 0 Å². The van der Waals surface area contributed by atoms with Crippen molar-refractivity contribution in [2.75, 3.05) is 39.6 Å². The van der Waals surface area contributed by atoms with Crippen LogP contribution < -0.4 is 0 Å². The van der Waals surface area contributed by atoms with Crippen molar-refractivity contribution in [3.63, 3.8) is 0 Å². The molecule has 0 fully saturated rings. The molecule has 0 aromatic heterocycles. The van der Waals surface area contributed by atoms with Crippen molar-refractivity contribution in [1.29, 1.82) is 0 Å². The zero-order valence-corrected chi connectivity index (χ0v) is 63.1. The maximum Gasteiger partial charge on any atom is 0.472 e. The first-order chi connectivity index (χ1) is 48.2. The van der Waals surface area contributed by atoms with Crippen LogP contribution in [0, 0.1) is 0 Å². The predicted molar refractivity (Wildman–Crippen MR) is 408 cm³/mol. The number of ether oxygens (including phenoxy) is 3. The lowest BCUT2D eigenvalue weighted by Gasteiger charge is -2.21. The topological polar surface area (TPSA) is 231 Å². The molecule has 0 saturated carbocycles. The van der Waals surface area contributed by atoms with Gasteiger partial charge in [0.2, 0.25) is 0 Å². The minimum Gasteiger partial charge on any atom is -0.463 e. The molecule has 0 saturated heterocycles. The maximum absolute atomic E-state index is 13.0. The second-order valence-corrected chi connectivity index (χ2v) is 27.6. The molecule has 0 aliphatic carbocycles. The fourth-order valence-corrected chi connectivity index (χ4v) is 11.1. The van der Waals surface area contributed by atoms with Gasteiger partial charge in [0, 0.05) is 19.3 Å². The quantitative estimate of drug-likeness (QED) is 0.0146. The summed E-state index contributed by atoms with van der Waals surface area (Å²) in [6.07, 6.45) is 89.9. The number of rotatable bonds is 70. The maximum atomic E-state index is 13.0. The van der Waals surface area contributed by atoms with Gasteiger partial charge >= 0.3 is 33.6 Å². The van der Waals surface area contributed by atoms with E-state index in [9.17, 15) is 43.5 Å². The van der Waals surface area contributed by atoms with Crippen molar-refractivity contribution in [2.45, 2.75) is 296 Å². The number of unbranched alkanes of at least 4 members (excludes halogenated alkanes) is 21. The molecule has 0 amide bonds. The average Bonchev–Trinajstić information content (AvgIpc) is 2.97. The molecular weight excluding hydrogens is 1290 g/mol. The van der Waals surface area contributed by atoms with Gasteiger partial charge in [-0.25, -0.2) is 9.13 Å². The highest BCUT2D eigenvalue weighted by atomic mass is 31.2. The van der Waals surface area contributed by atoms with Gasteiger partial charge in [-0.15, -0.1) is 0 Å². The molecule has 0 aromatic rings. The van der Waals surface area contributed by atoms with E-state index in [0.29, 0.717) is 19.3 Å². The van der Waals surface area contributed by atoms with Crippen LogP contribution in [0.4, 0.5) is 0 Å². The van der Waals surface area contributed by atoms with Gasteiger partial charge in [0.15, 0.2) is 6.10 Å². The normalized spacial score (nSPS) is 14.9. The first-order valence-corrected chi connectivity index (χ1v) is 40.8. The van der Waals surface area contributed by atoms with Crippen LogP contribution in [0.1, 0.15) is 278 Å². The van der Waals surface area contributed by atoms with Crippen LogP contribution in [0.2, 0.25) is 0 Å². The number of carbonyl (C=O) groups excluding carboxylic acids is 3. The molecule has 4 N–H and O–H groups in total. The van der Waals surface area contributed by atoms with Gasteiger partial charge in [-0.05, 0) is 148 Å². The van der Waals surface area contributed by atoms with E-state index in [1.165, 1.54) is 51.4 Å². The summed E-state index contributed by atoms with van der Waals surface area (Å²) in [7, 11) is -9.82. The first-order valence-electron chi connectivity index (χ1n) is 37.8. The second kappa shape index (κ2) is 72.9. The number of aliphatic hydroxyl groups excluding tert-OH is 2. The van der Waals surface area contributed by atoms with E-state index >= 15 is 0 Å². The summed E-state index contributed by atoms with van der Waals surface area (Å²) in [6, 6.07) is 0. The lowest BCUT2D eigenvalue weighted by Crippen LogP contribution is -2.30. The summed E-state index contributed by atoms with van der Waals surface area (Å²) in [4.78, 5) is 58.6. The predicted octanol–water partition coefficient (Wildman–Crippen LogP) is 21.9. The Morgan fingerprint density at radius 2 is 0.535 bits per heavy atom. The van der Waals surface area contributed by atoms with Gasteiger partial charge in [-0.3, -0.25) is 32.5 Å². The second-order valence-electron chi connectivity index (χ2n) is 24.7. The smallest absolute Gasteiger partial charge is 0.463 e. The SMILES string of the molecule is CC/C=C\C/C=C\C/C=C\C/C=C\C/C=C\CCCCCC(=O)OCC(COP(=O)(O)OCC(O)COP(=O)(O)OCC(O)COC(=O)CCCCCCCCCCC/C=C\C/C=C\C/C=C\C/C=C\CCCCC)OC(=O)CCCCCCCC/C=C\C/C=C\C/C=C\C/C=C\CC. The summed E-state index contributed by atoms with van der Waals surface area (Å²) in [5, 5.41) is 20.6. The number of allylic oxidation sites excluding steroid dienone is 26. The summed E-state index contributed by atoms with van der Waals surface area (Å²) in [5.41, 5.74) is 0. The summed E-state index contributed by atoms with van der Waals surface area (Å²) in [6.45, 7) is 2.35. The fourth-order valence-electron chi connectivity index (χ4n) is 9.51. The van der Waals surface area contributed by atoms with Gasteiger partial charge in [-0.2, -0.15) is 0 Å². The van der Waals surface area contributed by atoms with Crippen molar-refractivity contribution in [1.82, 2.24) is 0 Å². The Hall–Kier alpha value is -4.83. The Bertz CT molecular complexity index is 2430. The molecule has 16 nitrogen and oxygen atoms in total. The number of hydrogen-bond acceptors (Lipinski definition) is 14. The minimum atomic E-state index is -4.95. The number of hydrogen-bond donors (Lipinski definition) is 4. The van der Waals surface area contributed by atoms with Crippen molar-refractivity contribution >= 4 is 33.6 Å². The number of phosphoric acid groups is 2. The largest absolute Gasteiger partial charge is 0.472 e. The minimum absolute atomic E-state index is 0.0746. The third kappa shape index (κ3) is 74.2. The summed E-state index contributed by atoms with van der Waals surface area (Å²) in [5.74, 6) is -1.64. The van der Waals surface area contributed by atoms with E-state index in [1.54, 1.807) is 0 Å². The highest BCUT2D eigenvalue weighted by Crippen LogP contribution is 2.45. The number of aliphatic hydroxyl groups is 2. The zero-order chi connectivity index (χ0) is 72.3. The molecule has 0 aliphatic heterocycles. The molecule has 18 heteroatoms. The van der Waals surface area contributed by atoms with Crippen LogP contribution >= 0.6 is 15.6 Å². The molecule has 5 unspecified atom stereocenters. The molecule has 564 valence electrons. The van der Waals surface area contributed by atoms with Gasteiger partial charge in [0.05, 0.1) is 26.4 Å². The van der Waals surface area contributed by atoms with Crippen LogP contribution in [-0.4, -0.2) is 95.9 Å². The first kappa shape index (κ1) is 94.2. The molecule has 0 bridgehead atoms. The standard InChI is InChI=1S/C81H134O16P2/c1-4-7-10-13-16-19-22-25-28-31-34-35-36-37-38-39-42-44-46-49-52-55-58-61-64-67-79(84)91-70-76(82)71-93-98(87,88)94-72-77(83)73-95-99(89,90)96-75-78(97-81(86)69-66-63-60-57-54-51-48-45-41-33-30-27-24-21-18-15-12-9-6-3)74-92-80(85)68-65-62-59-56-53-50-47-43-40-32-29-26-23-20-17-14-11-8-5-2/h8-9,11-12,16-21,25-30,34-35,37-38,40-41,43,45,50,53,76-78,82-83H,4-7,10,13-15,22-24,31-33,36,39,42,44,46-49,51-52,54-75H2,1-3H3,(H,87,88)(H,89,90)/b11-8-,12-9-,19-16-,20-17-,21-18-,28-25-,29-26-,30-27-,35-34-,38-37-,43-40-,45-41-,53-50-. The van der Waals surface area contributed by atoms with E-state index in [1.807, 2.05) is 0 Å². The molecule has 0 radical (unpaired) electrons. The molecule has 0 rings (SSSR count). The van der Waals surface area contributed by atoms with E-state index < -0.39 is 91.5 Å². The van der Waals surface area contributed by atoms with Crippen LogP contribution in [0.5, 0.6) is 0 Å². The lowest BCUT2D eigenvalue weighted by molar-refractivity contribution is -0.161. The third-order valence-corrected chi connectivity index (χ3v) is 17.1. The van der Waals surface area contributed by atoms with Crippen molar-refractivity contribution in [3.05, 3.63) is 158 Å². The third-order valence-electron chi connectivity index (χ3n) is 15.2. The van der Waals surface area contributed by atoms with Crippen molar-refractivity contribution in [2.24, 2.45) is 0 Å². The summed E-state index contributed by atoms with van der Waals surface area (Å²) >= 11 is 0. The van der Waals surface area contributed by atoms with Crippen LogP contribution in [0.25, 0.3) is 0 Å². The lowest BCUT2D eigenvalue weighted by atomic mass is 10.1. The molecule has 0 heterocycles. The monoisotopic (exact) mass is 1420 g/mol. The number of phosphoric ester groups is 2. The van der Waals surface area contributed by atoms with Gasteiger partial charge in [-0.1, -0.05) is 269 Å². The molecule has 0 spiro atoms. The Labute approximate surface area is 600 Å². The Morgan fingerprint density at radius 1 is 0.293 bits per heavy atom. The van der Waals surface area contributed by atoms with Gasteiger partial charge in [0.1, 0.15) is 25.4 Å². The Balaban J connectivity index is 4.70. The molecule has 5 atom stereocenters. The van der Waals surface area contributed by atoms with Crippen LogP contribution in [-0.2, 0) is 55.8 Å². The zero-order valence-electron chi connectivity index (χ0n) is 61.4.